The quantitative estimate of drug-likeness (QED) is 0.695. The molecule has 1 heterocycles. The molecular weight excluding hydrogens is 166 g/mol. The predicted octanol–water partition coefficient (Wildman–Crippen LogP) is 0.873. The largest absolute Gasteiger partial charge is 0.365 e. The summed E-state index contributed by atoms with van der Waals surface area (Å²) < 4.78 is 0. The second-order valence-corrected chi connectivity index (χ2v) is 3.90. The normalized spacial score (nSPS) is 11.3. The average Bonchev–Trinajstić information content (AvgIpc) is 2.03. The van der Waals surface area contributed by atoms with Crippen molar-refractivity contribution in [2.45, 2.75) is 26.2 Å². The molecule has 0 saturated heterocycles. The number of primary amides is 1. The minimum Gasteiger partial charge on any atom is -0.365 e. The fourth-order valence-corrected chi connectivity index (χ4v) is 1.11. The summed E-state index contributed by atoms with van der Waals surface area (Å²) in [5.41, 5.74) is 6.09. The van der Waals surface area contributed by atoms with Gasteiger partial charge < -0.3 is 5.73 Å². The van der Waals surface area contributed by atoms with Crippen molar-refractivity contribution in [3.05, 3.63) is 23.8 Å². The van der Waals surface area contributed by atoms with Gasteiger partial charge in [0.25, 0.3) is 5.91 Å². The van der Waals surface area contributed by atoms with Gasteiger partial charge in [0.05, 0.1) is 11.3 Å². The Kier molecular flexibility index (Phi) is 2.32. The van der Waals surface area contributed by atoms with Gasteiger partial charge in [0.1, 0.15) is 6.33 Å². The van der Waals surface area contributed by atoms with Crippen LogP contribution in [-0.4, -0.2) is 15.9 Å². The van der Waals surface area contributed by atoms with E-state index in [0.29, 0.717) is 11.3 Å². The second kappa shape index (κ2) is 3.12. The Balaban J connectivity index is 3.28. The van der Waals surface area contributed by atoms with Gasteiger partial charge in [-0.15, -0.1) is 0 Å². The maximum absolute atomic E-state index is 11.0. The van der Waals surface area contributed by atoms with Crippen LogP contribution < -0.4 is 5.73 Å². The Bertz CT molecular complexity index is 328. The molecule has 0 radical (unpaired) electrons. The monoisotopic (exact) mass is 179 g/mol. The number of aromatic nitrogens is 2. The van der Waals surface area contributed by atoms with Crippen molar-refractivity contribution in [3.63, 3.8) is 0 Å². The first kappa shape index (κ1) is 9.64. The number of hydrogen-bond acceptors (Lipinski definition) is 3. The molecule has 1 amide bonds. The molecule has 0 unspecified atom stereocenters. The van der Waals surface area contributed by atoms with Gasteiger partial charge in [-0.25, -0.2) is 9.97 Å². The van der Waals surface area contributed by atoms with E-state index in [0.717, 1.165) is 0 Å². The summed E-state index contributed by atoms with van der Waals surface area (Å²) >= 11 is 0. The summed E-state index contributed by atoms with van der Waals surface area (Å²) in [7, 11) is 0. The first-order valence-corrected chi connectivity index (χ1v) is 4.03. The summed E-state index contributed by atoms with van der Waals surface area (Å²) in [5, 5.41) is 0. The van der Waals surface area contributed by atoms with Gasteiger partial charge in [0, 0.05) is 11.6 Å². The molecule has 0 aliphatic rings. The summed E-state index contributed by atoms with van der Waals surface area (Å²) in [5.74, 6) is -0.481. The van der Waals surface area contributed by atoms with E-state index >= 15 is 0 Å². The molecule has 0 aliphatic carbocycles. The summed E-state index contributed by atoms with van der Waals surface area (Å²) in [4.78, 5) is 18.8. The van der Waals surface area contributed by atoms with Gasteiger partial charge in [-0.3, -0.25) is 4.79 Å². The summed E-state index contributed by atoms with van der Waals surface area (Å²) in [6, 6.07) is 0. The molecule has 0 atom stereocenters. The Morgan fingerprint density at radius 2 is 2.08 bits per heavy atom. The molecular formula is C9H13N3O. The van der Waals surface area contributed by atoms with Crippen LogP contribution in [0, 0.1) is 0 Å². The van der Waals surface area contributed by atoms with Crippen molar-refractivity contribution in [2.75, 3.05) is 0 Å². The highest BCUT2D eigenvalue weighted by Crippen LogP contribution is 2.22. The third-order valence-electron chi connectivity index (χ3n) is 1.69. The SMILES string of the molecule is CC(C)(C)c1ncncc1C(N)=O. The second-order valence-electron chi connectivity index (χ2n) is 3.90. The van der Waals surface area contributed by atoms with Crippen molar-refractivity contribution in [3.8, 4) is 0 Å². The highest BCUT2D eigenvalue weighted by Gasteiger charge is 2.21. The van der Waals surface area contributed by atoms with Gasteiger partial charge in [-0.1, -0.05) is 20.8 Å². The molecule has 1 aromatic heterocycles. The zero-order valence-corrected chi connectivity index (χ0v) is 8.03. The van der Waals surface area contributed by atoms with Gasteiger partial charge >= 0.3 is 0 Å². The molecule has 4 nitrogen and oxygen atoms in total. The van der Waals surface area contributed by atoms with E-state index in [1.165, 1.54) is 12.5 Å². The highest BCUT2D eigenvalue weighted by molar-refractivity contribution is 5.93. The number of carbonyl (C=O) groups excluding carboxylic acids is 1. The van der Waals surface area contributed by atoms with E-state index in [9.17, 15) is 4.79 Å². The Morgan fingerprint density at radius 3 is 2.46 bits per heavy atom. The lowest BCUT2D eigenvalue weighted by Gasteiger charge is -2.19. The lowest BCUT2D eigenvalue weighted by Crippen LogP contribution is -2.23. The molecule has 2 N–H and O–H groups in total. The smallest absolute Gasteiger partial charge is 0.252 e. The van der Waals surface area contributed by atoms with Crippen LogP contribution in [0.2, 0.25) is 0 Å². The Morgan fingerprint density at radius 1 is 1.46 bits per heavy atom. The summed E-state index contributed by atoms with van der Waals surface area (Å²) in [6.07, 6.45) is 2.88. The standard InChI is InChI=1S/C9H13N3O/c1-9(2,3)7-6(8(10)13)4-11-5-12-7/h4-5H,1-3H3,(H2,10,13). The third kappa shape index (κ3) is 2.02. The summed E-state index contributed by atoms with van der Waals surface area (Å²) in [6.45, 7) is 5.92. The van der Waals surface area contributed by atoms with Crippen LogP contribution in [0.15, 0.2) is 12.5 Å². The molecule has 0 bridgehead atoms. The van der Waals surface area contributed by atoms with Crippen molar-refractivity contribution >= 4 is 5.91 Å². The Hall–Kier alpha value is -1.45. The molecule has 1 rings (SSSR count). The minimum atomic E-state index is -0.481. The van der Waals surface area contributed by atoms with Crippen LogP contribution in [0.1, 0.15) is 36.8 Å². The van der Waals surface area contributed by atoms with Crippen molar-refractivity contribution in [1.82, 2.24) is 9.97 Å². The number of amides is 1. The van der Waals surface area contributed by atoms with Crippen LogP contribution in [0.5, 0.6) is 0 Å². The van der Waals surface area contributed by atoms with E-state index < -0.39 is 5.91 Å². The molecule has 1 aromatic rings. The van der Waals surface area contributed by atoms with E-state index in [1.807, 2.05) is 20.8 Å². The maximum atomic E-state index is 11.0. The fourth-order valence-electron chi connectivity index (χ4n) is 1.11. The van der Waals surface area contributed by atoms with E-state index in [-0.39, 0.29) is 5.41 Å². The van der Waals surface area contributed by atoms with E-state index in [1.54, 1.807) is 0 Å². The third-order valence-corrected chi connectivity index (χ3v) is 1.69. The first-order valence-electron chi connectivity index (χ1n) is 4.03. The zero-order valence-electron chi connectivity index (χ0n) is 8.03. The topological polar surface area (TPSA) is 68.9 Å². The van der Waals surface area contributed by atoms with Crippen LogP contribution in [0.25, 0.3) is 0 Å². The number of hydrogen-bond donors (Lipinski definition) is 1. The number of carbonyl (C=O) groups is 1. The van der Waals surface area contributed by atoms with Crippen LogP contribution in [-0.2, 0) is 5.41 Å². The van der Waals surface area contributed by atoms with E-state index in [2.05, 4.69) is 9.97 Å². The van der Waals surface area contributed by atoms with Crippen LogP contribution >= 0.6 is 0 Å². The van der Waals surface area contributed by atoms with Crippen molar-refractivity contribution < 1.29 is 4.79 Å². The van der Waals surface area contributed by atoms with Crippen molar-refractivity contribution in [1.29, 1.82) is 0 Å². The molecule has 0 aliphatic heterocycles. The van der Waals surface area contributed by atoms with Crippen molar-refractivity contribution in [2.24, 2.45) is 5.73 Å². The zero-order chi connectivity index (χ0) is 10.1. The molecule has 4 heteroatoms. The minimum absolute atomic E-state index is 0.187. The molecule has 13 heavy (non-hydrogen) atoms. The molecule has 70 valence electrons. The molecule has 0 spiro atoms. The fraction of sp³-hybridized carbons (Fsp3) is 0.444. The van der Waals surface area contributed by atoms with Gasteiger partial charge in [-0.05, 0) is 0 Å². The molecule has 0 saturated carbocycles. The van der Waals surface area contributed by atoms with E-state index in [4.69, 9.17) is 5.73 Å². The van der Waals surface area contributed by atoms with Crippen LogP contribution in [0.3, 0.4) is 0 Å². The predicted molar refractivity (Wildman–Crippen MR) is 49.2 cm³/mol. The highest BCUT2D eigenvalue weighted by atomic mass is 16.1. The Labute approximate surface area is 77.2 Å². The first-order chi connectivity index (χ1) is 5.93. The number of rotatable bonds is 1. The molecule has 0 fully saturated rings. The van der Waals surface area contributed by atoms with Crippen LogP contribution in [0.4, 0.5) is 0 Å². The van der Waals surface area contributed by atoms with Gasteiger partial charge in [-0.2, -0.15) is 0 Å². The van der Waals surface area contributed by atoms with Gasteiger partial charge in [0.2, 0.25) is 0 Å². The maximum Gasteiger partial charge on any atom is 0.252 e. The lowest BCUT2D eigenvalue weighted by atomic mass is 9.89. The molecule has 0 aromatic carbocycles. The number of nitrogens with zero attached hydrogens (tertiary/aromatic N) is 2. The lowest BCUT2D eigenvalue weighted by molar-refractivity contribution is 0.0997. The van der Waals surface area contributed by atoms with Gasteiger partial charge in [0.15, 0.2) is 0 Å². The number of nitrogens with two attached hydrogens (primary N) is 1. The average molecular weight is 179 g/mol.